The smallest absolute Gasteiger partial charge is 0.159 e. The minimum Gasteiger partial charge on any atom is -0.481 e. The van der Waals surface area contributed by atoms with Gasteiger partial charge in [-0.05, 0) is 54.7 Å². The Morgan fingerprint density at radius 1 is 1.20 bits per heavy atom. The van der Waals surface area contributed by atoms with Crippen molar-refractivity contribution in [2.75, 3.05) is 0 Å². The predicted octanol–water partition coefficient (Wildman–Crippen LogP) is 4.54. The van der Waals surface area contributed by atoms with E-state index in [1.165, 1.54) is 11.1 Å². The topological polar surface area (TPSA) is 39.2 Å². The number of carbonyl (C=O) groups is 1. The number of aromatic nitrogens is 1. The molecule has 0 N–H and O–H groups in total. The molecule has 0 bridgehead atoms. The van der Waals surface area contributed by atoms with Gasteiger partial charge in [0.05, 0.1) is 6.20 Å². The maximum atomic E-state index is 12.7. The van der Waals surface area contributed by atoms with Gasteiger partial charge in [-0.15, -0.1) is 0 Å². The van der Waals surface area contributed by atoms with Gasteiger partial charge in [-0.3, -0.25) is 9.78 Å². The molecule has 3 nitrogen and oxygen atoms in total. The molecule has 1 aromatic heterocycles. The van der Waals surface area contributed by atoms with Crippen molar-refractivity contribution in [3.05, 3.63) is 77.1 Å². The van der Waals surface area contributed by atoms with Gasteiger partial charge >= 0.3 is 0 Å². The lowest BCUT2D eigenvalue weighted by atomic mass is 9.88. The molecule has 0 atom stereocenters. The molecule has 126 valence electrons. The first kappa shape index (κ1) is 15.8. The Balaban J connectivity index is 1.55. The van der Waals surface area contributed by atoms with Crippen LogP contribution < -0.4 is 4.74 Å². The van der Waals surface area contributed by atoms with Gasteiger partial charge in [-0.2, -0.15) is 0 Å². The van der Waals surface area contributed by atoms with Crippen LogP contribution in [0.1, 0.15) is 37.8 Å². The highest BCUT2D eigenvalue weighted by molar-refractivity contribution is 6.01. The molecular weight excluding hydrogens is 310 g/mol. The molecule has 0 saturated heterocycles. The van der Waals surface area contributed by atoms with Crippen LogP contribution in [0.2, 0.25) is 0 Å². The number of hydrogen-bond donors (Lipinski definition) is 0. The Labute approximate surface area is 148 Å². The average Bonchev–Trinajstić information content (AvgIpc) is 3.07. The highest BCUT2D eigenvalue weighted by Crippen LogP contribution is 2.47. The third kappa shape index (κ3) is 2.91. The van der Waals surface area contributed by atoms with E-state index in [9.17, 15) is 4.79 Å². The second-order valence-electron chi connectivity index (χ2n) is 7.13. The van der Waals surface area contributed by atoms with Crippen LogP contribution in [0.25, 0.3) is 5.57 Å². The van der Waals surface area contributed by atoms with Crippen molar-refractivity contribution in [2.45, 2.75) is 38.7 Å². The fourth-order valence-electron chi connectivity index (χ4n) is 3.66. The lowest BCUT2D eigenvalue weighted by Crippen LogP contribution is -2.33. The van der Waals surface area contributed by atoms with Crippen molar-refractivity contribution in [1.82, 2.24) is 4.98 Å². The summed E-state index contributed by atoms with van der Waals surface area (Å²) in [4.78, 5) is 16.9. The number of ether oxygens (including phenoxy) is 1. The average molecular weight is 331 g/mol. The standard InChI is InChI=1S/C22H21NO2/c1-22(2)19-13-16(20(24)9-8-15-6-4-3-5-7-15)12-18(19)17-10-11-23-14-21(17)25-22/h3-7,10-11,13-14H,8-9,12H2,1-2H3. The molecule has 1 aliphatic carbocycles. The van der Waals surface area contributed by atoms with E-state index in [0.29, 0.717) is 12.8 Å². The van der Waals surface area contributed by atoms with Crippen LogP contribution in [0.4, 0.5) is 0 Å². The summed E-state index contributed by atoms with van der Waals surface area (Å²) < 4.78 is 6.11. The van der Waals surface area contributed by atoms with Gasteiger partial charge in [0.15, 0.2) is 5.78 Å². The molecule has 2 heterocycles. The van der Waals surface area contributed by atoms with E-state index in [2.05, 4.69) is 17.1 Å². The van der Waals surface area contributed by atoms with Crippen LogP contribution in [0, 0.1) is 0 Å². The van der Waals surface area contributed by atoms with E-state index in [4.69, 9.17) is 4.74 Å². The maximum Gasteiger partial charge on any atom is 0.159 e. The SMILES string of the molecule is CC1(C)Oc2cnccc2C2=C1C=C(C(=O)CCc1ccccc1)C2. The lowest BCUT2D eigenvalue weighted by Gasteiger charge is -2.33. The predicted molar refractivity (Wildman–Crippen MR) is 98.3 cm³/mol. The number of rotatable bonds is 4. The number of ketones is 1. The zero-order valence-corrected chi connectivity index (χ0v) is 14.6. The van der Waals surface area contributed by atoms with Crippen molar-refractivity contribution >= 4 is 11.4 Å². The summed E-state index contributed by atoms with van der Waals surface area (Å²) in [5.41, 5.74) is 5.04. The summed E-state index contributed by atoms with van der Waals surface area (Å²) in [6.07, 6.45) is 7.60. The van der Waals surface area contributed by atoms with Gasteiger partial charge in [0.25, 0.3) is 0 Å². The largest absolute Gasteiger partial charge is 0.481 e. The molecule has 0 radical (unpaired) electrons. The molecule has 1 aromatic carbocycles. The normalized spacial score (nSPS) is 17.4. The minimum atomic E-state index is -0.438. The zero-order valence-electron chi connectivity index (χ0n) is 14.6. The molecule has 2 aliphatic rings. The van der Waals surface area contributed by atoms with Crippen LogP contribution >= 0.6 is 0 Å². The fourth-order valence-corrected chi connectivity index (χ4v) is 3.66. The summed E-state index contributed by atoms with van der Waals surface area (Å²) >= 11 is 0. The van der Waals surface area contributed by atoms with E-state index in [-0.39, 0.29) is 5.78 Å². The number of carbonyl (C=O) groups excluding carboxylic acids is 1. The Morgan fingerprint density at radius 2 is 2.00 bits per heavy atom. The molecule has 0 spiro atoms. The fraction of sp³-hybridized carbons (Fsp3) is 0.273. The molecule has 1 aliphatic heterocycles. The first-order valence-corrected chi connectivity index (χ1v) is 8.69. The van der Waals surface area contributed by atoms with Crippen LogP contribution in [0.5, 0.6) is 5.75 Å². The van der Waals surface area contributed by atoms with Crippen LogP contribution in [0.3, 0.4) is 0 Å². The lowest BCUT2D eigenvalue weighted by molar-refractivity contribution is -0.115. The van der Waals surface area contributed by atoms with Crippen molar-refractivity contribution in [3.63, 3.8) is 0 Å². The van der Waals surface area contributed by atoms with Crippen LogP contribution in [-0.2, 0) is 11.2 Å². The van der Waals surface area contributed by atoms with Gasteiger partial charge < -0.3 is 4.74 Å². The highest BCUT2D eigenvalue weighted by atomic mass is 16.5. The summed E-state index contributed by atoms with van der Waals surface area (Å²) in [5, 5.41) is 0. The van der Waals surface area contributed by atoms with E-state index in [0.717, 1.165) is 28.9 Å². The van der Waals surface area contributed by atoms with Crippen molar-refractivity contribution < 1.29 is 9.53 Å². The molecule has 0 amide bonds. The monoisotopic (exact) mass is 331 g/mol. The van der Waals surface area contributed by atoms with E-state index in [1.54, 1.807) is 12.4 Å². The van der Waals surface area contributed by atoms with E-state index < -0.39 is 5.60 Å². The molecule has 3 heteroatoms. The van der Waals surface area contributed by atoms with Crippen LogP contribution in [-0.4, -0.2) is 16.4 Å². The number of nitrogens with zero attached hydrogens (tertiary/aromatic N) is 1. The maximum absolute atomic E-state index is 12.7. The first-order valence-electron chi connectivity index (χ1n) is 8.69. The minimum absolute atomic E-state index is 0.227. The Morgan fingerprint density at radius 3 is 2.80 bits per heavy atom. The number of fused-ring (bicyclic) bond motifs is 2. The highest BCUT2D eigenvalue weighted by Gasteiger charge is 2.37. The Bertz CT molecular complexity index is 891. The molecule has 25 heavy (non-hydrogen) atoms. The number of hydrogen-bond acceptors (Lipinski definition) is 3. The van der Waals surface area contributed by atoms with Gasteiger partial charge in [-0.25, -0.2) is 0 Å². The molecule has 4 rings (SSSR count). The Hall–Kier alpha value is -2.68. The second kappa shape index (κ2) is 5.99. The molecule has 0 unspecified atom stereocenters. The summed E-state index contributed by atoms with van der Waals surface area (Å²) in [6.45, 7) is 4.10. The number of benzene rings is 1. The Kier molecular flexibility index (Phi) is 3.79. The van der Waals surface area contributed by atoms with Crippen molar-refractivity contribution in [2.24, 2.45) is 0 Å². The number of aryl methyl sites for hydroxylation is 1. The number of allylic oxidation sites excluding steroid dienone is 2. The summed E-state index contributed by atoms with van der Waals surface area (Å²) in [5.74, 6) is 1.03. The molecule has 0 saturated carbocycles. The quantitative estimate of drug-likeness (QED) is 0.826. The summed E-state index contributed by atoms with van der Waals surface area (Å²) in [7, 11) is 0. The molecule has 0 fully saturated rings. The summed E-state index contributed by atoms with van der Waals surface area (Å²) in [6, 6.07) is 12.1. The van der Waals surface area contributed by atoms with Crippen molar-refractivity contribution in [1.29, 1.82) is 0 Å². The molecule has 2 aromatic rings. The second-order valence-corrected chi connectivity index (χ2v) is 7.13. The number of Topliss-reactive ketones (excluding diaryl/α,β-unsaturated/α-hetero) is 1. The number of pyridine rings is 1. The van der Waals surface area contributed by atoms with E-state index in [1.807, 2.05) is 44.2 Å². The van der Waals surface area contributed by atoms with Gasteiger partial charge in [0, 0.05) is 24.6 Å². The zero-order chi connectivity index (χ0) is 17.4. The van der Waals surface area contributed by atoms with Crippen molar-refractivity contribution in [3.8, 4) is 5.75 Å². The van der Waals surface area contributed by atoms with Crippen LogP contribution in [0.15, 0.2) is 66.0 Å². The van der Waals surface area contributed by atoms with E-state index >= 15 is 0 Å². The third-order valence-corrected chi connectivity index (χ3v) is 4.98. The van der Waals surface area contributed by atoms with Gasteiger partial charge in [-0.1, -0.05) is 30.3 Å². The third-order valence-electron chi connectivity index (χ3n) is 4.98. The molecular formula is C22H21NO2. The van der Waals surface area contributed by atoms with Gasteiger partial charge in [0.1, 0.15) is 11.4 Å². The van der Waals surface area contributed by atoms with Gasteiger partial charge in [0.2, 0.25) is 0 Å². The first-order chi connectivity index (χ1) is 12.0.